The number of carbonyl (C=O) groups is 1. The van der Waals surface area contributed by atoms with E-state index in [1.165, 1.54) is 24.3 Å². The molecule has 0 saturated carbocycles. The Kier molecular flexibility index (Phi) is 5.03. The third kappa shape index (κ3) is 4.46. The number of nitrogens with one attached hydrogen (secondary N) is 1. The maximum absolute atomic E-state index is 12.6. The van der Waals surface area contributed by atoms with Crippen molar-refractivity contribution >= 4 is 33.6 Å². The summed E-state index contributed by atoms with van der Waals surface area (Å²) in [6, 6.07) is 11.8. The van der Waals surface area contributed by atoms with Crippen molar-refractivity contribution in [3.8, 4) is 0 Å². The predicted octanol–water partition coefficient (Wildman–Crippen LogP) is 5.12. The number of carbonyl (C=O) groups excluding carboxylic acids is 1. The van der Waals surface area contributed by atoms with Gasteiger partial charge in [0.2, 0.25) is 5.91 Å². The Bertz CT molecular complexity index is 711. The number of alkyl halides is 3. The van der Waals surface area contributed by atoms with Gasteiger partial charge in [-0.1, -0.05) is 24.3 Å². The van der Waals surface area contributed by atoms with E-state index >= 15 is 0 Å². The van der Waals surface area contributed by atoms with Gasteiger partial charge >= 0.3 is 6.18 Å². The van der Waals surface area contributed by atoms with E-state index in [0.29, 0.717) is 11.3 Å². The second-order valence-electron chi connectivity index (χ2n) is 4.43. The average Bonchev–Trinajstić information content (AvgIpc) is 2.47. The zero-order valence-corrected chi connectivity index (χ0v) is 12.8. The minimum absolute atomic E-state index is 0.303. The van der Waals surface area contributed by atoms with Crippen molar-refractivity contribution in [1.82, 2.24) is 0 Å². The molecule has 0 aliphatic heterocycles. The fourth-order valence-corrected chi connectivity index (χ4v) is 2.11. The lowest BCUT2D eigenvalue weighted by Crippen LogP contribution is -2.08. The summed E-state index contributed by atoms with van der Waals surface area (Å²) in [7, 11) is 0. The molecule has 0 bridgehead atoms. The molecule has 1 amide bonds. The molecule has 0 aromatic heterocycles. The smallest absolute Gasteiger partial charge is 0.321 e. The first-order valence-electron chi connectivity index (χ1n) is 6.27. The van der Waals surface area contributed by atoms with Crippen LogP contribution in [-0.4, -0.2) is 5.91 Å². The van der Waals surface area contributed by atoms with Crippen molar-refractivity contribution in [1.29, 1.82) is 0 Å². The number of rotatable bonds is 3. The fourth-order valence-electron chi connectivity index (χ4n) is 1.73. The number of para-hydroxylation sites is 1. The third-order valence-electron chi connectivity index (χ3n) is 2.77. The minimum atomic E-state index is -4.40. The lowest BCUT2D eigenvalue weighted by atomic mass is 10.1. The molecule has 0 atom stereocenters. The second kappa shape index (κ2) is 6.79. The van der Waals surface area contributed by atoms with Crippen LogP contribution in [0, 0.1) is 0 Å². The highest BCUT2D eigenvalue weighted by Gasteiger charge is 2.30. The highest BCUT2D eigenvalue weighted by atomic mass is 79.9. The minimum Gasteiger partial charge on any atom is -0.321 e. The fraction of sp³-hybridized carbons (Fsp3) is 0.0625. The quantitative estimate of drug-likeness (QED) is 0.747. The van der Waals surface area contributed by atoms with Crippen LogP contribution < -0.4 is 5.32 Å². The van der Waals surface area contributed by atoms with Gasteiger partial charge in [-0.05, 0) is 51.8 Å². The van der Waals surface area contributed by atoms with Crippen molar-refractivity contribution in [2.75, 3.05) is 5.32 Å². The van der Waals surface area contributed by atoms with Crippen LogP contribution in [0.3, 0.4) is 0 Å². The number of hydrogen-bond acceptors (Lipinski definition) is 1. The molecule has 0 spiro atoms. The van der Waals surface area contributed by atoms with E-state index in [1.807, 2.05) is 0 Å². The maximum atomic E-state index is 12.6. The lowest BCUT2D eigenvalue weighted by Gasteiger charge is -2.07. The molecule has 2 aromatic carbocycles. The van der Waals surface area contributed by atoms with Gasteiger partial charge in [0.1, 0.15) is 0 Å². The van der Waals surface area contributed by atoms with Gasteiger partial charge in [-0.2, -0.15) is 13.2 Å². The van der Waals surface area contributed by atoms with E-state index in [0.717, 1.165) is 16.6 Å². The standard InChI is InChI=1S/C16H11BrF3NO/c17-13-6-1-2-7-14(13)21-15(22)9-8-11-4-3-5-12(10-11)16(18,19)20/h1-10H,(H,21,22)/b9-8+. The molecule has 0 radical (unpaired) electrons. The Labute approximate surface area is 133 Å². The van der Waals surface area contributed by atoms with Gasteiger partial charge in [-0.15, -0.1) is 0 Å². The first kappa shape index (κ1) is 16.3. The van der Waals surface area contributed by atoms with E-state index in [4.69, 9.17) is 0 Å². The van der Waals surface area contributed by atoms with Gasteiger partial charge in [0.15, 0.2) is 0 Å². The molecule has 6 heteroatoms. The summed E-state index contributed by atoms with van der Waals surface area (Å²) in [5, 5.41) is 2.63. The zero-order chi connectivity index (χ0) is 16.2. The molecule has 2 rings (SSSR count). The highest BCUT2D eigenvalue weighted by Crippen LogP contribution is 2.29. The Morgan fingerprint density at radius 2 is 1.82 bits per heavy atom. The SMILES string of the molecule is O=C(/C=C/c1cccc(C(F)(F)F)c1)Nc1ccccc1Br. The highest BCUT2D eigenvalue weighted by molar-refractivity contribution is 9.10. The summed E-state index contributed by atoms with van der Waals surface area (Å²) in [5.74, 6) is -0.427. The number of hydrogen-bond donors (Lipinski definition) is 1. The first-order valence-corrected chi connectivity index (χ1v) is 7.06. The number of anilines is 1. The number of benzene rings is 2. The largest absolute Gasteiger partial charge is 0.416 e. The monoisotopic (exact) mass is 369 g/mol. The van der Waals surface area contributed by atoms with E-state index in [-0.39, 0.29) is 0 Å². The molecule has 0 heterocycles. The Morgan fingerprint density at radius 3 is 2.50 bits per heavy atom. The topological polar surface area (TPSA) is 29.1 Å². The number of halogens is 4. The normalized spacial score (nSPS) is 11.6. The van der Waals surface area contributed by atoms with Crippen LogP contribution in [0.1, 0.15) is 11.1 Å². The van der Waals surface area contributed by atoms with Crippen LogP contribution in [0.5, 0.6) is 0 Å². The van der Waals surface area contributed by atoms with Crippen molar-refractivity contribution in [3.63, 3.8) is 0 Å². The van der Waals surface area contributed by atoms with Crippen molar-refractivity contribution in [3.05, 3.63) is 70.2 Å². The molecule has 0 unspecified atom stereocenters. The van der Waals surface area contributed by atoms with Crippen LogP contribution in [0.15, 0.2) is 59.1 Å². The van der Waals surface area contributed by atoms with E-state index in [1.54, 1.807) is 24.3 Å². The van der Waals surface area contributed by atoms with Crippen LogP contribution in [0.2, 0.25) is 0 Å². The summed E-state index contributed by atoms with van der Waals surface area (Å²) < 4.78 is 38.5. The number of amides is 1. The summed E-state index contributed by atoms with van der Waals surface area (Å²) in [4.78, 5) is 11.8. The predicted molar refractivity (Wildman–Crippen MR) is 83.2 cm³/mol. The molecule has 0 aliphatic rings. The molecule has 1 N–H and O–H groups in total. The van der Waals surface area contributed by atoms with Gasteiger partial charge in [0, 0.05) is 10.5 Å². The maximum Gasteiger partial charge on any atom is 0.416 e. The van der Waals surface area contributed by atoms with Gasteiger partial charge in [-0.3, -0.25) is 4.79 Å². The summed E-state index contributed by atoms with van der Waals surface area (Å²) in [5.41, 5.74) is 0.138. The van der Waals surface area contributed by atoms with Gasteiger partial charge in [0.05, 0.1) is 11.3 Å². The van der Waals surface area contributed by atoms with Crippen LogP contribution in [0.4, 0.5) is 18.9 Å². The van der Waals surface area contributed by atoms with Crippen LogP contribution in [0.25, 0.3) is 6.08 Å². The van der Waals surface area contributed by atoms with Crippen molar-refractivity contribution in [2.24, 2.45) is 0 Å². The van der Waals surface area contributed by atoms with Gasteiger partial charge < -0.3 is 5.32 Å². The molecule has 2 nitrogen and oxygen atoms in total. The molecule has 0 aliphatic carbocycles. The molecular weight excluding hydrogens is 359 g/mol. The summed E-state index contributed by atoms with van der Waals surface area (Å²) in [6.45, 7) is 0. The van der Waals surface area contributed by atoms with E-state index in [9.17, 15) is 18.0 Å². The van der Waals surface area contributed by atoms with Gasteiger partial charge in [-0.25, -0.2) is 0 Å². The first-order chi connectivity index (χ1) is 10.4. The van der Waals surface area contributed by atoms with E-state index < -0.39 is 17.6 Å². The van der Waals surface area contributed by atoms with Crippen LogP contribution >= 0.6 is 15.9 Å². The van der Waals surface area contributed by atoms with Gasteiger partial charge in [0.25, 0.3) is 0 Å². The summed E-state index contributed by atoms with van der Waals surface area (Å²) >= 11 is 3.29. The molecule has 114 valence electrons. The average molecular weight is 370 g/mol. The third-order valence-corrected chi connectivity index (χ3v) is 3.46. The molecule has 0 fully saturated rings. The Balaban J connectivity index is 2.09. The molecule has 22 heavy (non-hydrogen) atoms. The molecule has 2 aromatic rings. The van der Waals surface area contributed by atoms with E-state index in [2.05, 4.69) is 21.2 Å². The van der Waals surface area contributed by atoms with Crippen LogP contribution in [-0.2, 0) is 11.0 Å². The van der Waals surface area contributed by atoms with Crippen molar-refractivity contribution in [2.45, 2.75) is 6.18 Å². The summed E-state index contributed by atoms with van der Waals surface area (Å²) in [6.07, 6.45) is -1.88. The Hall–Kier alpha value is -2.08. The molecule has 0 saturated heterocycles. The zero-order valence-electron chi connectivity index (χ0n) is 11.2. The second-order valence-corrected chi connectivity index (χ2v) is 5.28. The Morgan fingerprint density at radius 1 is 1.09 bits per heavy atom. The lowest BCUT2D eigenvalue weighted by molar-refractivity contribution is -0.137. The van der Waals surface area contributed by atoms with Crippen molar-refractivity contribution < 1.29 is 18.0 Å². The molecular formula is C16H11BrF3NO.